The van der Waals surface area contributed by atoms with Gasteiger partial charge in [-0.2, -0.15) is 0 Å². The van der Waals surface area contributed by atoms with Crippen LogP contribution in [-0.2, 0) is 14.3 Å². The molecule has 0 aromatic rings. The number of carbonyl (C=O) groups excluding carboxylic acids is 1. The van der Waals surface area contributed by atoms with Crippen LogP contribution in [0.5, 0.6) is 0 Å². The summed E-state index contributed by atoms with van der Waals surface area (Å²) in [6.07, 6.45) is 59.1. The highest BCUT2D eigenvalue weighted by Crippen LogP contribution is 2.22. The third-order valence-corrected chi connectivity index (χ3v) is 11.9. The quantitative estimate of drug-likeness (QED) is 0.0262. The van der Waals surface area contributed by atoms with Crippen molar-refractivity contribution < 1.29 is 39.8 Å². The van der Waals surface area contributed by atoms with Crippen molar-refractivity contribution in [2.45, 2.75) is 243 Å². The minimum atomic E-state index is -1.59. The van der Waals surface area contributed by atoms with E-state index in [0.29, 0.717) is 12.8 Å². The van der Waals surface area contributed by atoms with E-state index in [4.69, 9.17) is 9.47 Å². The molecule has 378 valence electrons. The summed E-state index contributed by atoms with van der Waals surface area (Å²) < 4.78 is 11.2. The Morgan fingerprint density at radius 3 is 1.45 bits per heavy atom. The summed E-state index contributed by atoms with van der Waals surface area (Å²) in [5.41, 5.74) is 0. The number of aliphatic hydroxyl groups is 5. The van der Waals surface area contributed by atoms with E-state index in [1.807, 2.05) is 6.08 Å². The van der Waals surface area contributed by atoms with Gasteiger partial charge in [-0.1, -0.05) is 207 Å². The van der Waals surface area contributed by atoms with Gasteiger partial charge in [0, 0.05) is 6.42 Å². The lowest BCUT2D eigenvalue weighted by Gasteiger charge is -2.40. The summed E-state index contributed by atoms with van der Waals surface area (Å²) in [4.78, 5) is 13.0. The van der Waals surface area contributed by atoms with Crippen molar-refractivity contribution in [2.75, 3.05) is 13.2 Å². The van der Waals surface area contributed by atoms with Gasteiger partial charge in [0.15, 0.2) is 6.29 Å². The van der Waals surface area contributed by atoms with Gasteiger partial charge in [-0.05, 0) is 83.5 Å². The van der Waals surface area contributed by atoms with Crippen molar-refractivity contribution in [3.63, 3.8) is 0 Å². The maximum Gasteiger partial charge on any atom is 0.220 e. The Kier molecular flexibility index (Phi) is 42.5. The van der Waals surface area contributed by atoms with Crippen molar-refractivity contribution >= 4 is 5.91 Å². The zero-order chi connectivity index (χ0) is 48.0. The van der Waals surface area contributed by atoms with Crippen molar-refractivity contribution in [1.29, 1.82) is 0 Å². The van der Waals surface area contributed by atoms with Crippen LogP contribution in [0.2, 0.25) is 0 Å². The number of allylic oxidation sites excluding steroid dienone is 15. The molecule has 7 atom stereocenters. The predicted molar refractivity (Wildman–Crippen MR) is 276 cm³/mol. The second-order valence-corrected chi connectivity index (χ2v) is 17.9. The van der Waals surface area contributed by atoms with Crippen LogP contribution >= 0.6 is 0 Å². The Morgan fingerprint density at radius 2 is 0.955 bits per heavy atom. The van der Waals surface area contributed by atoms with Crippen LogP contribution in [0.3, 0.4) is 0 Å². The highest BCUT2D eigenvalue weighted by molar-refractivity contribution is 5.76. The fraction of sp³-hybridized carbons (Fsp3) is 0.702. The van der Waals surface area contributed by atoms with Crippen LogP contribution in [0.1, 0.15) is 200 Å². The molecule has 1 rings (SSSR count). The summed E-state index contributed by atoms with van der Waals surface area (Å²) in [5.74, 6) is -0.251. The molecule has 0 aromatic heterocycles. The average Bonchev–Trinajstić information content (AvgIpc) is 3.32. The molecular weight excluding hydrogens is 827 g/mol. The summed E-state index contributed by atoms with van der Waals surface area (Å²) in [5, 5.41) is 54.3. The molecule has 1 aliphatic rings. The number of ether oxygens (including phenoxy) is 2. The van der Waals surface area contributed by atoms with Crippen molar-refractivity contribution in [2.24, 2.45) is 0 Å². The van der Waals surface area contributed by atoms with Gasteiger partial charge in [0.1, 0.15) is 24.4 Å². The second kappa shape index (κ2) is 45.9. The van der Waals surface area contributed by atoms with Crippen LogP contribution in [-0.4, -0.2) is 87.5 Å². The molecule has 6 N–H and O–H groups in total. The smallest absolute Gasteiger partial charge is 0.220 e. The second-order valence-electron chi connectivity index (χ2n) is 17.9. The minimum absolute atomic E-state index is 0.235. The van der Waals surface area contributed by atoms with E-state index < -0.39 is 49.5 Å². The highest BCUT2D eigenvalue weighted by atomic mass is 16.7. The van der Waals surface area contributed by atoms with Gasteiger partial charge in [0.2, 0.25) is 5.91 Å². The van der Waals surface area contributed by atoms with E-state index in [1.165, 1.54) is 103 Å². The molecule has 0 radical (unpaired) electrons. The summed E-state index contributed by atoms with van der Waals surface area (Å²) in [6.45, 7) is 3.60. The largest absolute Gasteiger partial charge is 0.394 e. The van der Waals surface area contributed by atoms with E-state index in [1.54, 1.807) is 6.08 Å². The Morgan fingerprint density at radius 1 is 0.530 bits per heavy atom. The molecule has 7 unspecified atom stereocenters. The fourth-order valence-electron chi connectivity index (χ4n) is 7.69. The van der Waals surface area contributed by atoms with E-state index in [2.05, 4.69) is 104 Å². The topological polar surface area (TPSA) is 149 Å². The first kappa shape index (κ1) is 61.1. The number of amides is 1. The number of hydrogen-bond donors (Lipinski definition) is 6. The molecule has 66 heavy (non-hydrogen) atoms. The van der Waals surface area contributed by atoms with E-state index >= 15 is 0 Å². The van der Waals surface area contributed by atoms with Crippen LogP contribution < -0.4 is 5.32 Å². The Bertz CT molecular complexity index is 1350. The molecule has 1 amide bonds. The Labute approximate surface area is 403 Å². The number of rotatable bonds is 43. The number of nitrogens with one attached hydrogen (secondary N) is 1. The van der Waals surface area contributed by atoms with Crippen molar-refractivity contribution in [3.05, 3.63) is 97.2 Å². The lowest BCUT2D eigenvalue weighted by Crippen LogP contribution is -2.60. The molecule has 1 aliphatic heterocycles. The van der Waals surface area contributed by atoms with Gasteiger partial charge >= 0.3 is 0 Å². The first-order valence-corrected chi connectivity index (χ1v) is 26.5. The first-order chi connectivity index (χ1) is 32.3. The van der Waals surface area contributed by atoms with Gasteiger partial charge < -0.3 is 40.3 Å². The number of unbranched alkanes of at least 4 members (excludes halogenated alkanes) is 19. The zero-order valence-electron chi connectivity index (χ0n) is 41.7. The molecule has 9 nitrogen and oxygen atoms in total. The third-order valence-electron chi connectivity index (χ3n) is 11.9. The molecule has 0 spiro atoms. The number of carbonyl (C=O) groups is 1. The van der Waals surface area contributed by atoms with Crippen LogP contribution in [0.25, 0.3) is 0 Å². The molecule has 1 fully saturated rings. The number of aliphatic hydroxyl groups excluding tert-OH is 5. The molecule has 0 aromatic carbocycles. The lowest BCUT2D eigenvalue weighted by atomic mass is 9.99. The fourth-order valence-corrected chi connectivity index (χ4v) is 7.69. The molecule has 0 saturated carbocycles. The van der Waals surface area contributed by atoms with Gasteiger partial charge in [-0.15, -0.1) is 0 Å². The van der Waals surface area contributed by atoms with Crippen LogP contribution in [0, 0.1) is 0 Å². The minimum Gasteiger partial charge on any atom is -0.394 e. The van der Waals surface area contributed by atoms with Crippen LogP contribution in [0.4, 0.5) is 0 Å². The molecule has 9 heteroatoms. The van der Waals surface area contributed by atoms with E-state index in [0.717, 1.165) is 64.2 Å². The SMILES string of the molecule is CC/C=C\C/C=C\C/C=C\C/C=C\C/C=C\CCCC(=O)NC(COC1OC(CO)C(O)C(O)C1O)C(O)/C=C/CC/C=C/CC/C=C/CCCCCCCCCCCCCCCCCC. The molecule has 0 bridgehead atoms. The summed E-state index contributed by atoms with van der Waals surface area (Å²) in [6, 6.07) is -0.864. The highest BCUT2D eigenvalue weighted by Gasteiger charge is 2.44. The first-order valence-electron chi connectivity index (χ1n) is 26.5. The van der Waals surface area contributed by atoms with Crippen molar-refractivity contribution in [3.8, 4) is 0 Å². The van der Waals surface area contributed by atoms with Crippen molar-refractivity contribution in [1.82, 2.24) is 5.32 Å². The normalized spacial score (nSPS) is 20.6. The van der Waals surface area contributed by atoms with E-state index in [9.17, 15) is 30.3 Å². The van der Waals surface area contributed by atoms with Crippen LogP contribution in [0.15, 0.2) is 97.2 Å². The van der Waals surface area contributed by atoms with Gasteiger partial charge in [-0.3, -0.25) is 4.79 Å². The Balaban J connectivity index is 2.35. The average molecular weight is 924 g/mol. The summed E-state index contributed by atoms with van der Waals surface area (Å²) in [7, 11) is 0. The predicted octanol–water partition coefficient (Wildman–Crippen LogP) is 12.5. The van der Waals surface area contributed by atoms with E-state index in [-0.39, 0.29) is 18.9 Å². The standard InChI is InChI=1S/C57H97NO8/c1-3-5-7-9-11-13-15-17-19-21-22-23-24-25-26-27-28-29-31-32-34-36-38-40-42-44-46-51(60)50(49-65-57-56(64)55(63)54(62)52(48-59)66-57)58-53(61)47-45-43-41-39-37-35-33-30-20-18-16-14-12-10-8-6-4-2/h6,8,12,14,18,20,29,31,33,35-36,38-39,41,44,46,50-52,54-57,59-60,62-64H,3-5,7,9-11,13,15-17,19,21-28,30,32,34,37,40,42-43,45,47-49H2,1-2H3,(H,58,61)/b8-6-,14-12-,20-18-,31-29+,35-33-,38-36+,41-39-,46-44+. The van der Waals surface area contributed by atoms with Gasteiger partial charge in [-0.25, -0.2) is 0 Å². The number of hydrogen-bond acceptors (Lipinski definition) is 8. The maximum absolute atomic E-state index is 13.0. The monoisotopic (exact) mass is 924 g/mol. The zero-order valence-corrected chi connectivity index (χ0v) is 41.7. The molecule has 1 heterocycles. The molecule has 0 aliphatic carbocycles. The molecule has 1 saturated heterocycles. The summed E-state index contributed by atoms with van der Waals surface area (Å²) >= 11 is 0. The Hall–Kier alpha value is -2.89. The molecular formula is C57H97NO8. The van der Waals surface area contributed by atoms with Gasteiger partial charge in [0.25, 0.3) is 0 Å². The van der Waals surface area contributed by atoms with Gasteiger partial charge in [0.05, 0.1) is 25.4 Å². The third kappa shape index (κ3) is 35.3. The maximum atomic E-state index is 13.0. The lowest BCUT2D eigenvalue weighted by molar-refractivity contribution is -0.302.